The zero-order chi connectivity index (χ0) is 17.3. The Hall–Kier alpha value is -2.24. The minimum Gasteiger partial charge on any atom is -0.379 e. The van der Waals surface area contributed by atoms with Crippen LogP contribution in [0.4, 0.5) is 0 Å². The van der Waals surface area contributed by atoms with Crippen molar-refractivity contribution in [3.05, 3.63) is 60.0 Å². The Morgan fingerprint density at radius 3 is 2.88 bits per heavy atom. The van der Waals surface area contributed by atoms with Crippen molar-refractivity contribution in [3.63, 3.8) is 0 Å². The van der Waals surface area contributed by atoms with E-state index in [1.54, 1.807) is 0 Å². The summed E-state index contributed by atoms with van der Waals surface area (Å²) >= 11 is 0. The van der Waals surface area contributed by atoms with E-state index in [9.17, 15) is 0 Å². The van der Waals surface area contributed by atoms with Crippen molar-refractivity contribution in [2.75, 3.05) is 19.8 Å². The number of rotatable bonds is 6. The van der Waals surface area contributed by atoms with Gasteiger partial charge >= 0.3 is 0 Å². The third-order valence-corrected chi connectivity index (χ3v) is 5.36. The summed E-state index contributed by atoms with van der Waals surface area (Å²) in [6.45, 7) is 4.36. The van der Waals surface area contributed by atoms with Gasteiger partial charge in [-0.15, -0.1) is 0 Å². The summed E-state index contributed by atoms with van der Waals surface area (Å²) in [5.74, 6) is 0.800. The number of hydrogen-bond donors (Lipinski definition) is 0. The normalized spacial score (nSPS) is 20.4. The van der Waals surface area contributed by atoms with Gasteiger partial charge in [-0.2, -0.15) is 5.10 Å². The van der Waals surface area contributed by atoms with Gasteiger partial charge in [-0.05, 0) is 37.0 Å². The molecule has 0 spiro atoms. The molecule has 2 aromatic heterocycles. The Kier molecular flexibility index (Phi) is 4.19. The monoisotopic (exact) mass is 348 g/mol. The van der Waals surface area contributed by atoms with Crippen LogP contribution in [0.25, 0.3) is 10.9 Å². The van der Waals surface area contributed by atoms with Crippen molar-refractivity contribution in [1.29, 1.82) is 0 Å². The number of para-hydroxylation sites is 1. The van der Waals surface area contributed by atoms with Gasteiger partial charge in [0.1, 0.15) is 0 Å². The summed E-state index contributed by atoms with van der Waals surface area (Å²) in [5, 5.41) is 5.72. The standard InChI is InChI=1S/C21H24N4O/c1-2-4-21-17(3-1)7-8-18(23-21)11-24-12-19-9-10-22-25(19)20(13-24)15-26-14-16-5-6-16/h1-4,7-10,16,20H,5-6,11-15H2. The van der Waals surface area contributed by atoms with E-state index in [2.05, 4.69) is 51.1 Å². The van der Waals surface area contributed by atoms with Gasteiger partial charge in [-0.25, -0.2) is 0 Å². The predicted molar refractivity (Wildman–Crippen MR) is 101 cm³/mol. The molecule has 1 fully saturated rings. The average Bonchev–Trinajstić information content (AvgIpc) is 3.36. The van der Waals surface area contributed by atoms with Crippen LogP contribution in [0.3, 0.4) is 0 Å². The first-order valence-corrected chi connectivity index (χ1v) is 9.52. The van der Waals surface area contributed by atoms with Crippen molar-refractivity contribution in [2.45, 2.75) is 32.0 Å². The molecule has 1 aliphatic heterocycles. The van der Waals surface area contributed by atoms with Gasteiger partial charge in [0.2, 0.25) is 0 Å². The number of ether oxygens (including phenoxy) is 1. The molecular formula is C21H24N4O. The van der Waals surface area contributed by atoms with Crippen LogP contribution in [0.2, 0.25) is 0 Å². The van der Waals surface area contributed by atoms with Crippen LogP contribution in [-0.2, 0) is 17.8 Å². The quantitative estimate of drug-likeness (QED) is 0.685. The zero-order valence-electron chi connectivity index (χ0n) is 14.9. The minimum atomic E-state index is 0.285. The minimum absolute atomic E-state index is 0.285. The SMILES string of the molecule is c1ccc2nc(CN3Cc4ccnn4C(COCC4CC4)C3)ccc2c1. The molecule has 0 bridgehead atoms. The second kappa shape index (κ2) is 6.82. The molecule has 3 aromatic rings. The van der Waals surface area contributed by atoms with E-state index in [4.69, 9.17) is 9.72 Å². The summed E-state index contributed by atoms with van der Waals surface area (Å²) in [6, 6.07) is 15.0. The summed E-state index contributed by atoms with van der Waals surface area (Å²) in [7, 11) is 0. The highest BCUT2D eigenvalue weighted by Crippen LogP contribution is 2.29. The fourth-order valence-electron chi connectivity index (χ4n) is 3.79. The molecule has 0 radical (unpaired) electrons. The number of nitrogens with zero attached hydrogens (tertiary/aromatic N) is 4. The fourth-order valence-corrected chi connectivity index (χ4v) is 3.79. The first kappa shape index (κ1) is 16.0. The molecule has 26 heavy (non-hydrogen) atoms. The second-order valence-corrected chi connectivity index (χ2v) is 7.57. The number of benzene rings is 1. The van der Waals surface area contributed by atoms with Crippen molar-refractivity contribution in [3.8, 4) is 0 Å². The molecule has 2 aliphatic rings. The predicted octanol–water partition coefficient (Wildman–Crippen LogP) is 3.41. The fraction of sp³-hybridized carbons (Fsp3) is 0.429. The van der Waals surface area contributed by atoms with E-state index in [1.165, 1.54) is 23.9 Å². The van der Waals surface area contributed by atoms with Crippen LogP contribution in [0.1, 0.15) is 30.3 Å². The molecule has 5 nitrogen and oxygen atoms in total. The van der Waals surface area contributed by atoms with Gasteiger partial charge in [0.05, 0.1) is 29.6 Å². The van der Waals surface area contributed by atoms with Crippen LogP contribution < -0.4 is 0 Å². The Morgan fingerprint density at radius 1 is 1.04 bits per heavy atom. The summed E-state index contributed by atoms with van der Waals surface area (Å²) < 4.78 is 8.13. The van der Waals surface area contributed by atoms with Gasteiger partial charge < -0.3 is 4.74 Å². The smallest absolute Gasteiger partial charge is 0.0883 e. The van der Waals surface area contributed by atoms with E-state index in [-0.39, 0.29) is 6.04 Å². The molecular weight excluding hydrogens is 324 g/mol. The number of fused-ring (bicyclic) bond motifs is 2. The lowest BCUT2D eigenvalue weighted by Crippen LogP contribution is -2.39. The van der Waals surface area contributed by atoms with Crippen LogP contribution in [0.5, 0.6) is 0 Å². The lowest BCUT2D eigenvalue weighted by Gasteiger charge is -2.33. The molecule has 1 atom stereocenters. The molecule has 1 saturated carbocycles. The van der Waals surface area contributed by atoms with E-state index >= 15 is 0 Å². The molecule has 3 heterocycles. The second-order valence-electron chi connectivity index (χ2n) is 7.57. The van der Waals surface area contributed by atoms with Crippen LogP contribution in [-0.4, -0.2) is 39.4 Å². The molecule has 134 valence electrons. The Morgan fingerprint density at radius 2 is 1.96 bits per heavy atom. The third kappa shape index (κ3) is 3.37. The Labute approximate surface area is 153 Å². The molecule has 1 unspecified atom stereocenters. The summed E-state index contributed by atoms with van der Waals surface area (Å²) in [5.41, 5.74) is 3.45. The van der Waals surface area contributed by atoms with E-state index in [1.807, 2.05) is 12.3 Å². The van der Waals surface area contributed by atoms with Crippen LogP contribution in [0, 0.1) is 5.92 Å². The van der Waals surface area contributed by atoms with Crippen LogP contribution >= 0.6 is 0 Å². The van der Waals surface area contributed by atoms with Gasteiger partial charge in [0.25, 0.3) is 0 Å². The van der Waals surface area contributed by atoms with Crippen molar-refractivity contribution in [2.24, 2.45) is 5.92 Å². The average molecular weight is 348 g/mol. The maximum absolute atomic E-state index is 5.98. The van der Waals surface area contributed by atoms with Gasteiger partial charge in [0, 0.05) is 37.8 Å². The lowest BCUT2D eigenvalue weighted by atomic mass is 10.1. The zero-order valence-corrected chi connectivity index (χ0v) is 14.9. The Balaban J connectivity index is 1.30. The van der Waals surface area contributed by atoms with Gasteiger partial charge in [-0.3, -0.25) is 14.6 Å². The van der Waals surface area contributed by atoms with E-state index in [0.717, 1.165) is 50.0 Å². The highest BCUT2D eigenvalue weighted by Gasteiger charge is 2.27. The van der Waals surface area contributed by atoms with Crippen LogP contribution in [0.15, 0.2) is 48.7 Å². The van der Waals surface area contributed by atoms with Crippen molar-refractivity contribution in [1.82, 2.24) is 19.7 Å². The first-order chi connectivity index (χ1) is 12.8. The van der Waals surface area contributed by atoms with Gasteiger partial charge in [-0.1, -0.05) is 24.3 Å². The molecule has 0 saturated heterocycles. The lowest BCUT2D eigenvalue weighted by molar-refractivity contribution is 0.0565. The number of pyridine rings is 1. The molecule has 0 N–H and O–H groups in total. The molecule has 0 amide bonds. The van der Waals surface area contributed by atoms with Crippen molar-refractivity contribution >= 4 is 10.9 Å². The largest absolute Gasteiger partial charge is 0.379 e. The highest BCUT2D eigenvalue weighted by atomic mass is 16.5. The van der Waals surface area contributed by atoms with E-state index in [0.29, 0.717) is 0 Å². The number of aromatic nitrogens is 3. The molecule has 1 aromatic carbocycles. The van der Waals surface area contributed by atoms with E-state index < -0.39 is 0 Å². The molecule has 5 heteroatoms. The topological polar surface area (TPSA) is 43.2 Å². The molecule has 5 rings (SSSR count). The summed E-state index contributed by atoms with van der Waals surface area (Å²) in [4.78, 5) is 7.29. The van der Waals surface area contributed by atoms with Crippen molar-refractivity contribution < 1.29 is 4.74 Å². The Bertz CT molecular complexity index is 902. The molecule has 1 aliphatic carbocycles. The number of hydrogen-bond acceptors (Lipinski definition) is 4. The summed E-state index contributed by atoms with van der Waals surface area (Å²) in [6.07, 6.45) is 4.57. The third-order valence-electron chi connectivity index (χ3n) is 5.36. The maximum atomic E-state index is 5.98. The first-order valence-electron chi connectivity index (χ1n) is 9.52. The maximum Gasteiger partial charge on any atom is 0.0883 e. The van der Waals surface area contributed by atoms with Gasteiger partial charge in [0.15, 0.2) is 0 Å². The highest BCUT2D eigenvalue weighted by molar-refractivity contribution is 5.78.